The lowest BCUT2D eigenvalue weighted by Gasteiger charge is -2.14. The van der Waals surface area contributed by atoms with E-state index in [-0.39, 0.29) is 35.3 Å². The molecule has 10 heavy (non-hydrogen) atoms. The molecule has 0 aromatic heterocycles. The van der Waals surface area contributed by atoms with Crippen LogP contribution in [0.15, 0.2) is 0 Å². The summed E-state index contributed by atoms with van der Waals surface area (Å²) < 4.78 is 4.94. The number of rotatable bonds is 0. The minimum absolute atomic E-state index is 0. The summed E-state index contributed by atoms with van der Waals surface area (Å²) in [6.07, 6.45) is 0. The topological polar surface area (TPSA) is 9.23 Å². The molecular weight excluding hydrogens is 124 g/mol. The Balaban J connectivity index is -0.0000000208. The molecule has 1 heteroatoms. The maximum atomic E-state index is 4.94. The second kappa shape index (κ2) is 11.7. The molecular formula is C9H28O. The van der Waals surface area contributed by atoms with E-state index in [1.54, 1.807) is 7.11 Å². The molecule has 0 N–H and O–H groups in total. The van der Waals surface area contributed by atoms with Gasteiger partial charge in [-0.25, -0.2) is 0 Å². The van der Waals surface area contributed by atoms with E-state index in [9.17, 15) is 0 Å². The molecule has 0 aromatic carbocycles. The van der Waals surface area contributed by atoms with E-state index in [4.69, 9.17) is 4.74 Å². The van der Waals surface area contributed by atoms with Crippen LogP contribution in [0, 0.1) is 0 Å². The van der Waals surface area contributed by atoms with Crippen molar-refractivity contribution in [2.24, 2.45) is 0 Å². The van der Waals surface area contributed by atoms with Gasteiger partial charge in [0.1, 0.15) is 0 Å². The summed E-state index contributed by atoms with van der Waals surface area (Å²) in [5, 5.41) is 0. The van der Waals surface area contributed by atoms with E-state index in [1.807, 2.05) is 20.8 Å². The first-order valence-corrected chi connectivity index (χ1v) is 2.11. The average Bonchev–Trinajstić information content (AvgIpc) is 1.35. The van der Waals surface area contributed by atoms with Gasteiger partial charge in [0.15, 0.2) is 0 Å². The SMILES string of the molecule is C.C.C.C.COC(C)(C)C. The van der Waals surface area contributed by atoms with E-state index in [2.05, 4.69) is 0 Å². The lowest BCUT2D eigenvalue weighted by atomic mass is 10.2. The molecule has 0 heterocycles. The first-order chi connectivity index (χ1) is 2.56. The Hall–Kier alpha value is -0.0400. The molecule has 0 radical (unpaired) electrons. The van der Waals surface area contributed by atoms with Crippen molar-refractivity contribution in [3.63, 3.8) is 0 Å². The fraction of sp³-hybridized carbons (Fsp3) is 1.00. The fourth-order valence-corrected chi connectivity index (χ4v) is 0. The van der Waals surface area contributed by atoms with E-state index in [0.717, 1.165) is 0 Å². The zero-order chi connectivity index (χ0) is 5.21. The summed E-state index contributed by atoms with van der Waals surface area (Å²) >= 11 is 0. The van der Waals surface area contributed by atoms with Crippen molar-refractivity contribution in [1.82, 2.24) is 0 Å². The van der Waals surface area contributed by atoms with Crippen molar-refractivity contribution in [3.05, 3.63) is 0 Å². The maximum absolute atomic E-state index is 4.94. The van der Waals surface area contributed by atoms with Gasteiger partial charge in [0.05, 0.1) is 5.60 Å². The van der Waals surface area contributed by atoms with Gasteiger partial charge in [-0.15, -0.1) is 0 Å². The Morgan fingerprint density at radius 1 is 0.800 bits per heavy atom. The molecule has 0 saturated carbocycles. The molecule has 0 unspecified atom stereocenters. The van der Waals surface area contributed by atoms with Crippen molar-refractivity contribution in [3.8, 4) is 0 Å². The van der Waals surface area contributed by atoms with Gasteiger partial charge in [0.25, 0.3) is 0 Å². The third-order valence-electron chi connectivity index (χ3n) is 0.612. The Morgan fingerprint density at radius 3 is 0.900 bits per heavy atom. The van der Waals surface area contributed by atoms with Gasteiger partial charge in [0, 0.05) is 7.11 Å². The van der Waals surface area contributed by atoms with Crippen LogP contribution < -0.4 is 0 Å². The molecule has 0 bridgehead atoms. The Kier molecular flexibility index (Phi) is 38.1. The van der Waals surface area contributed by atoms with Crippen LogP contribution in [-0.2, 0) is 4.74 Å². The highest BCUT2D eigenvalue weighted by atomic mass is 16.5. The molecule has 0 rings (SSSR count). The van der Waals surface area contributed by atoms with E-state index in [0.29, 0.717) is 0 Å². The molecule has 0 amide bonds. The van der Waals surface area contributed by atoms with Crippen molar-refractivity contribution in [1.29, 1.82) is 0 Å². The van der Waals surface area contributed by atoms with Crippen LogP contribution in [0.3, 0.4) is 0 Å². The highest BCUT2D eigenvalue weighted by Gasteiger charge is 2.03. The highest BCUT2D eigenvalue weighted by molar-refractivity contribution is 4.55. The molecule has 0 saturated heterocycles. The van der Waals surface area contributed by atoms with Crippen LogP contribution in [0.4, 0.5) is 0 Å². The fourth-order valence-electron chi connectivity index (χ4n) is 0. The molecule has 70 valence electrons. The largest absolute Gasteiger partial charge is 0.379 e. The van der Waals surface area contributed by atoms with Crippen molar-refractivity contribution >= 4 is 0 Å². The smallest absolute Gasteiger partial charge is 0.0594 e. The number of methoxy groups -OCH3 is 1. The summed E-state index contributed by atoms with van der Waals surface area (Å²) in [5.74, 6) is 0. The van der Waals surface area contributed by atoms with Gasteiger partial charge in [-0.3, -0.25) is 0 Å². The molecule has 0 fully saturated rings. The third kappa shape index (κ3) is 44.0. The Labute approximate surface area is 68.8 Å². The molecule has 0 aromatic rings. The highest BCUT2D eigenvalue weighted by Crippen LogP contribution is 2.02. The van der Waals surface area contributed by atoms with Crippen LogP contribution in [-0.4, -0.2) is 12.7 Å². The third-order valence-corrected chi connectivity index (χ3v) is 0.612. The minimum atomic E-state index is 0. The molecule has 0 atom stereocenters. The minimum Gasteiger partial charge on any atom is -0.379 e. The zero-order valence-electron chi connectivity index (χ0n) is 4.91. The van der Waals surface area contributed by atoms with Crippen LogP contribution in [0.1, 0.15) is 50.5 Å². The van der Waals surface area contributed by atoms with Crippen LogP contribution in [0.2, 0.25) is 0 Å². The van der Waals surface area contributed by atoms with Crippen LogP contribution in [0.25, 0.3) is 0 Å². The van der Waals surface area contributed by atoms with E-state index < -0.39 is 0 Å². The van der Waals surface area contributed by atoms with Gasteiger partial charge >= 0.3 is 0 Å². The second-order valence-corrected chi connectivity index (χ2v) is 2.32. The Morgan fingerprint density at radius 2 is 0.900 bits per heavy atom. The van der Waals surface area contributed by atoms with Crippen LogP contribution >= 0.6 is 0 Å². The number of hydrogen-bond acceptors (Lipinski definition) is 1. The van der Waals surface area contributed by atoms with Gasteiger partial charge in [0.2, 0.25) is 0 Å². The first-order valence-electron chi connectivity index (χ1n) is 2.11. The predicted molar refractivity (Wildman–Crippen MR) is 53.7 cm³/mol. The standard InChI is InChI=1S/C5H12O.4CH4/c1-5(2,3)6-4;;;;/h1-4H3;4*1H4. The van der Waals surface area contributed by atoms with Gasteiger partial charge in [-0.1, -0.05) is 29.7 Å². The van der Waals surface area contributed by atoms with E-state index in [1.165, 1.54) is 0 Å². The van der Waals surface area contributed by atoms with Gasteiger partial charge in [-0.2, -0.15) is 0 Å². The summed E-state index contributed by atoms with van der Waals surface area (Å²) in [6, 6.07) is 0. The molecule has 0 spiro atoms. The van der Waals surface area contributed by atoms with Crippen molar-refractivity contribution < 1.29 is 4.74 Å². The quantitative estimate of drug-likeness (QED) is 0.510. The van der Waals surface area contributed by atoms with Gasteiger partial charge in [-0.05, 0) is 20.8 Å². The summed E-state index contributed by atoms with van der Waals surface area (Å²) in [5.41, 5.74) is 0.0417. The molecule has 1 nitrogen and oxygen atoms in total. The molecule has 0 aliphatic carbocycles. The number of ether oxygens (including phenoxy) is 1. The zero-order valence-corrected chi connectivity index (χ0v) is 4.91. The van der Waals surface area contributed by atoms with E-state index >= 15 is 0 Å². The predicted octanol–water partition coefficient (Wildman–Crippen LogP) is 3.98. The second-order valence-electron chi connectivity index (χ2n) is 2.32. The van der Waals surface area contributed by atoms with Crippen molar-refractivity contribution in [2.75, 3.05) is 7.11 Å². The summed E-state index contributed by atoms with van der Waals surface area (Å²) in [6.45, 7) is 6.06. The average molecular weight is 152 g/mol. The summed E-state index contributed by atoms with van der Waals surface area (Å²) in [4.78, 5) is 0. The van der Waals surface area contributed by atoms with Crippen molar-refractivity contribution in [2.45, 2.75) is 56.1 Å². The first kappa shape index (κ1) is 32.5. The van der Waals surface area contributed by atoms with Crippen LogP contribution in [0.5, 0.6) is 0 Å². The monoisotopic (exact) mass is 152 g/mol. The number of hydrogen-bond donors (Lipinski definition) is 0. The molecule has 0 aliphatic rings. The van der Waals surface area contributed by atoms with Gasteiger partial charge < -0.3 is 4.74 Å². The lowest BCUT2D eigenvalue weighted by molar-refractivity contribution is 0.0397. The lowest BCUT2D eigenvalue weighted by Crippen LogP contribution is -2.15. The Bertz CT molecular complexity index is 34.5. The normalized spacial score (nSPS) is 7.20. The summed E-state index contributed by atoms with van der Waals surface area (Å²) in [7, 11) is 1.71. The maximum Gasteiger partial charge on any atom is 0.0594 e. The molecule has 0 aliphatic heterocycles.